The number of rotatable bonds is 7. The van der Waals surface area contributed by atoms with Crippen LogP contribution in [0, 0.1) is 0 Å². The number of thiazole rings is 1. The van der Waals surface area contributed by atoms with Gasteiger partial charge in [0.2, 0.25) is 0 Å². The van der Waals surface area contributed by atoms with Crippen molar-refractivity contribution < 1.29 is 9.53 Å². The molecule has 0 unspecified atom stereocenters. The summed E-state index contributed by atoms with van der Waals surface area (Å²) in [6.45, 7) is 2.99. The van der Waals surface area contributed by atoms with Gasteiger partial charge in [0, 0.05) is 11.9 Å². The molecule has 1 heterocycles. The third-order valence-corrected chi connectivity index (χ3v) is 3.55. The van der Waals surface area contributed by atoms with Crippen molar-refractivity contribution in [1.29, 1.82) is 0 Å². The Labute approximate surface area is 122 Å². The van der Waals surface area contributed by atoms with Crippen LogP contribution in [0.5, 0.6) is 0 Å². The summed E-state index contributed by atoms with van der Waals surface area (Å²) in [6.07, 6.45) is 2.06. The molecule has 2 aromatic rings. The normalized spacial score (nSPS) is 10.2. The van der Waals surface area contributed by atoms with Crippen LogP contribution in [0.1, 0.15) is 29.4 Å². The van der Waals surface area contributed by atoms with E-state index < -0.39 is 0 Å². The van der Waals surface area contributed by atoms with E-state index in [2.05, 4.69) is 34.6 Å². The lowest BCUT2D eigenvalue weighted by atomic mass is 10.1. The van der Waals surface area contributed by atoms with Crippen LogP contribution < -0.4 is 5.32 Å². The van der Waals surface area contributed by atoms with Crippen molar-refractivity contribution in [2.24, 2.45) is 0 Å². The number of aryl methyl sites for hydroxylation is 1. The molecule has 0 amide bonds. The van der Waals surface area contributed by atoms with Crippen LogP contribution in [0.3, 0.4) is 0 Å². The Kier molecular flexibility index (Phi) is 5.55. The summed E-state index contributed by atoms with van der Waals surface area (Å²) in [5.74, 6) is -0.360. The van der Waals surface area contributed by atoms with E-state index >= 15 is 0 Å². The maximum Gasteiger partial charge on any atom is 0.357 e. The van der Waals surface area contributed by atoms with Crippen molar-refractivity contribution in [2.45, 2.75) is 19.8 Å². The lowest BCUT2D eigenvalue weighted by molar-refractivity contribution is 0.0520. The Morgan fingerprint density at radius 1 is 1.35 bits per heavy atom. The zero-order valence-electron chi connectivity index (χ0n) is 11.5. The molecule has 2 rings (SSSR count). The molecule has 0 spiro atoms. The third kappa shape index (κ3) is 4.35. The van der Waals surface area contributed by atoms with Crippen molar-refractivity contribution in [3.8, 4) is 0 Å². The molecular weight excluding hydrogens is 272 g/mol. The summed E-state index contributed by atoms with van der Waals surface area (Å²) in [5.41, 5.74) is 1.71. The molecule has 20 heavy (non-hydrogen) atoms. The summed E-state index contributed by atoms with van der Waals surface area (Å²) in [4.78, 5) is 15.7. The molecule has 5 heteroatoms. The largest absolute Gasteiger partial charge is 0.461 e. The van der Waals surface area contributed by atoms with E-state index in [9.17, 15) is 4.79 Å². The number of hydrogen-bond acceptors (Lipinski definition) is 5. The van der Waals surface area contributed by atoms with E-state index in [1.165, 1.54) is 16.9 Å². The van der Waals surface area contributed by atoms with Crippen LogP contribution >= 0.6 is 11.3 Å². The number of esters is 1. The van der Waals surface area contributed by atoms with Gasteiger partial charge in [-0.1, -0.05) is 30.3 Å². The Hall–Kier alpha value is -1.88. The number of benzene rings is 1. The molecule has 1 N–H and O–H groups in total. The van der Waals surface area contributed by atoms with Crippen molar-refractivity contribution in [3.05, 3.63) is 47.0 Å². The Morgan fingerprint density at radius 2 is 2.15 bits per heavy atom. The second-order valence-corrected chi connectivity index (χ2v) is 5.13. The fourth-order valence-corrected chi connectivity index (χ4v) is 2.49. The highest BCUT2D eigenvalue weighted by atomic mass is 32.1. The SMILES string of the molecule is CCOC(=O)c1csc(NCCCc2ccccc2)n1. The molecule has 0 aliphatic heterocycles. The smallest absolute Gasteiger partial charge is 0.357 e. The van der Waals surface area contributed by atoms with Gasteiger partial charge in [0.15, 0.2) is 10.8 Å². The molecular formula is C15H18N2O2S. The van der Waals surface area contributed by atoms with E-state index in [-0.39, 0.29) is 5.97 Å². The molecule has 0 aliphatic carbocycles. The first-order valence-corrected chi connectivity index (χ1v) is 7.58. The van der Waals surface area contributed by atoms with Gasteiger partial charge < -0.3 is 10.1 Å². The van der Waals surface area contributed by atoms with Crippen LogP contribution in [-0.4, -0.2) is 24.1 Å². The number of hydrogen-bond donors (Lipinski definition) is 1. The van der Waals surface area contributed by atoms with Crippen molar-refractivity contribution in [3.63, 3.8) is 0 Å². The average Bonchev–Trinajstić information content (AvgIpc) is 2.94. The first kappa shape index (κ1) is 14.5. The summed E-state index contributed by atoms with van der Waals surface area (Å²) < 4.78 is 4.90. The van der Waals surface area contributed by atoms with Crippen LogP contribution in [0.4, 0.5) is 5.13 Å². The number of anilines is 1. The van der Waals surface area contributed by atoms with E-state index in [1.807, 2.05) is 6.07 Å². The Bertz CT molecular complexity index is 540. The van der Waals surface area contributed by atoms with Crippen molar-refractivity contribution >= 4 is 22.4 Å². The van der Waals surface area contributed by atoms with Crippen LogP contribution in [0.15, 0.2) is 35.7 Å². The van der Waals surface area contributed by atoms with Gasteiger partial charge in [-0.05, 0) is 25.3 Å². The lowest BCUT2D eigenvalue weighted by Crippen LogP contribution is -2.06. The van der Waals surface area contributed by atoms with Gasteiger partial charge in [-0.2, -0.15) is 0 Å². The Balaban J connectivity index is 1.73. The van der Waals surface area contributed by atoms with Gasteiger partial charge in [0.25, 0.3) is 0 Å². The number of carbonyl (C=O) groups is 1. The van der Waals surface area contributed by atoms with Crippen molar-refractivity contribution in [1.82, 2.24) is 4.98 Å². The van der Waals surface area contributed by atoms with E-state index in [0.29, 0.717) is 12.3 Å². The molecule has 0 fully saturated rings. The van der Waals surface area contributed by atoms with Crippen LogP contribution in [0.2, 0.25) is 0 Å². The van der Waals surface area contributed by atoms with Gasteiger partial charge in [0.1, 0.15) is 0 Å². The average molecular weight is 290 g/mol. The summed E-state index contributed by atoms with van der Waals surface area (Å²) in [5, 5.41) is 5.72. The standard InChI is InChI=1S/C15H18N2O2S/c1-2-19-14(18)13-11-20-15(17-13)16-10-6-9-12-7-4-3-5-8-12/h3-5,7-8,11H,2,6,9-10H2,1H3,(H,16,17). The predicted molar refractivity (Wildman–Crippen MR) is 81.3 cm³/mol. The highest BCUT2D eigenvalue weighted by Gasteiger charge is 2.10. The first-order valence-electron chi connectivity index (χ1n) is 6.70. The number of carbonyl (C=O) groups excluding carboxylic acids is 1. The van der Waals surface area contributed by atoms with Crippen LogP contribution in [-0.2, 0) is 11.2 Å². The van der Waals surface area contributed by atoms with E-state index in [4.69, 9.17) is 4.74 Å². The molecule has 0 saturated heterocycles. The van der Waals surface area contributed by atoms with E-state index in [1.54, 1.807) is 12.3 Å². The highest BCUT2D eigenvalue weighted by Crippen LogP contribution is 2.16. The topological polar surface area (TPSA) is 51.2 Å². The predicted octanol–water partition coefficient (Wildman–Crippen LogP) is 3.36. The van der Waals surface area contributed by atoms with Gasteiger partial charge >= 0.3 is 5.97 Å². The monoisotopic (exact) mass is 290 g/mol. The minimum Gasteiger partial charge on any atom is -0.461 e. The zero-order valence-corrected chi connectivity index (χ0v) is 12.3. The zero-order chi connectivity index (χ0) is 14.2. The maximum atomic E-state index is 11.5. The third-order valence-electron chi connectivity index (χ3n) is 2.75. The quantitative estimate of drug-likeness (QED) is 0.627. The number of ether oxygens (including phenoxy) is 1. The fourth-order valence-electron chi connectivity index (χ4n) is 1.79. The molecule has 0 bridgehead atoms. The highest BCUT2D eigenvalue weighted by molar-refractivity contribution is 7.13. The summed E-state index contributed by atoms with van der Waals surface area (Å²) in [7, 11) is 0. The molecule has 1 aromatic heterocycles. The lowest BCUT2D eigenvalue weighted by Gasteiger charge is -2.03. The minimum atomic E-state index is -0.360. The molecule has 0 aliphatic rings. The second-order valence-electron chi connectivity index (χ2n) is 4.27. The number of nitrogens with zero attached hydrogens (tertiary/aromatic N) is 1. The van der Waals surface area contributed by atoms with Gasteiger partial charge in [-0.15, -0.1) is 11.3 Å². The second kappa shape index (κ2) is 7.65. The molecule has 0 radical (unpaired) electrons. The van der Waals surface area contributed by atoms with Gasteiger partial charge in [-0.3, -0.25) is 0 Å². The fraction of sp³-hybridized carbons (Fsp3) is 0.333. The molecule has 1 aromatic carbocycles. The van der Waals surface area contributed by atoms with Crippen LogP contribution in [0.25, 0.3) is 0 Å². The van der Waals surface area contributed by atoms with E-state index in [0.717, 1.165) is 24.5 Å². The van der Waals surface area contributed by atoms with Crippen molar-refractivity contribution in [2.75, 3.05) is 18.5 Å². The summed E-state index contributed by atoms with van der Waals surface area (Å²) in [6, 6.07) is 10.4. The van der Waals surface area contributed by atoms with Gasteiger partial charge in [-0.25, -0.2) is 9.78 Å². The molecule has 0 saturated carbocycles. The number of aromatic nitrogens is 1. The summed E-state index contributed by atoms with van der Waals surface area (Å²) >= 11 is 1.43. The molecule has 106 valence electrons. The maximum absolute atomic E-state index is 11.5. The molecule has 0 atom stereocenters. The van der Waals surface area contributed by atoms with Gasteiger partial charge in [0.05, 0.1) is 6.61 Å². The number of nitrogens with one attached hydrogen (secondary N) is 1. The minimum absolute atomic E-state index is 0.360. The Morgan fingerprint density at radius 3 is 2.90 bits per heavy atom. The molecule has 4 nitrogen and oxygen atoms in total. The first-order chi connectivity index (χ1) is 9.79.